The fraction of sp³-hybridized carbons (Fsp3) is 0.100. The van der Waals surface area contributed by atoms with E-state index in [1.807, 2.05) is 0 Å². The molecule has 32 heavy (non-hydrogen) atoms. The summed E-state index contributed by atoms with van der Waals surface area (Å²) < 4.78 is 54.7. The lowest BCUT2D eigenvalue weighted by Gasteiger charge is -2.17. The first kappa shape index (κ1) is 21.9. The van der Waals surface area contributed by atoms with Crippen LogP contribution in [-0.4, -0.2) is 51.1 Å². The van der Waals surface area contributed by atoms with Crippen LogP contribution in [0.25, 0.3) is 32.9 Å². The summed E-state index contributed by atoms with van der Waals surface area (Å²) in [5.41, 5.74) is -0.0137. The first-order valence-corrected chi connectivity index (χ1v) is 12.2. The van der Waals surface area contributed by atoms with Gasteiger partial charge in [0.2, 0.25) is 20.0 Å². The highest BCUT2D eigenvalue weighted by atomic mass is 32.2. The van der Waals surface area contributed by atoms with Crippen molar-refractivity contribution in [2.75, 3.05) is 14.1 Å². The fourth-order valence-corrected chi connectivity index (χ4v) is 5.20. The third kappa shape index (κ3) is 3.33. The molecule has 2 aromatic heterocycles. The van der Waals surface area contributed by atoms with Gasteiger partial charge in [-0.15, -0.1) is 0 Å². The van der Waals surface area contributed by atoms with Crippen LogP contribution in [-0.2, 0) is 20.0 Å². The van der Waals surface area contributed by atoms with Crippen LogP contribution in [0.5, 0.6) is 11.5 Å². The number of phenolic OH excluding ortho intramolecular Hbond substituents is 2. The molecular formula is C20H18N4O6S2. The summed E-state index contributed by atoms with van der Waals surface area (Å²) in [6.45, 7) is 0. The summed E-state index contributed by atoms with van der Waals surface area (Å²) in [7, 11) is -5.86. The zero-order chi connectivity index (χ0) is 23.3. The van der Waals surface area contributed by atoms with E-state index < -0.39 is 41.3 Å². The third-order valence-electron chi connectivity index (χ3n) is 5.03. The second-order valence-electron chi connectivity index (χ2n) is 6.76. The molecule has 4 N–H and O–H groups in total. The first-order valence-electron chi connectivity index (χ1n) is 9.21. The molecule has 0 aliphatic heterocycles. The smallest absolute Gasteiger partial charge is 0.244 e. The van der Waals surface area contributed by atoms with Crippen LogP contribution in [0.2, 0.25) is 0 Å². The lowest BCUT2D eigenvalue weighted by atomic mass is 9.97. The van der Waals surface area contributed by atoms with E-state index in [1.165, 1.54) is 38.6 Å². The number of aromatic hydroxyl groups is 2. The second-order valence-corrected chi connectivity index (χ2v) is 10.5. The van der Waals surface area contributed by atoms with Gasteiger partial charge in [0, 0.05) is 23.2 Å². The number of aromatic nitrogens is 2. The molecule has 0 amide bonds. The molecule has 0 aliphatic carbocycles. The van der Waals surface area contributed by atoms with Crippen molar-refractivity contribution in [3.63, 3.8) is 0 Å². The van der Waals surface area contributed by atoms with Gasteiger partial charge in [-0.25, -0.2) is 26.3 Å². The lowest BCUT2D eigenvalue weighted by Crippen LogP contribution is -2.19. The van der Waals surface area contributed by atoms with E-state index >= 15 is 0 Å². The maximum atomic E-state index is 12.6. The van der Waals surface area contributed by atoms with Crippen molar-refractivity contribution in [3.05, 3.63) is 48.8 Å². The van der Waals surface area contributed by atoms with Crippen LogP contribution in [0, 0.1) is 0 Å². The predicted molar refractivity (Wildman–Crippen MR) is 118 cm³/mol. The van der Waals surface area contributed by atoms with Gasteiger partial charge in [0.05, 0.1) is 22.2 Å². The zero-order valence-electron chi connectivity index (χ0n) is 16.9. The van der Waals surface area contributed by atoms with Gasteiger partial charge in [0.25, 0.3) is 0 Å². The number of benzene rings is 2. The molecule has 166 valence electrons. The van der Waals surface area contributed by atoms with Gasteiger partial charge in [-0.1, -0.05) is 12.1 Å². The van der Waals surface area contributed by atoms with E-state index in [1.54, 1.807) is 24.3 Å². The number of sulfonamides is 2. The summed E-state index contributed by atoms with van der Waals surface area (Å²) in [5.74, 6) is -1.40. The van der Waals surface area contributed by atoms with E-state index in [4.69, 9.17) is 0 Å². The zero-order valence-corrected chi connectivity index (χ0v) is 18.5. The van der Waals surface area contributed by atoms with Crippen LogP contribution in [0.1, 0.15) is 0 Å². The maximum Gasteiger partial charge on any atom is 0.244 e. The Morgan fingerprint density at radius 3 is 1.44 bits per heavy atom. The lowest BCUT2D eigenvalue weighted by molar-refractivity contribution is 0.452. The molecule has 4 rings (SSSR count). The summed E-state index contributed by atoms with van der Waals surface area (Å²) in [6, 6.07) is 8.82. The SMILES string of the molecule is CNS(=O)(=O)c1cc2cccnc2c(-c2c(O)c(S(=O)(=O)NC)cc3cccnc23)c1O. The Hall–Kier alpha value is -3.32. The minimum Gasteiger partial charge on any atom is -0.506 e. The Morgan fingerprint density at radius 2 is 1.09 bits per heavy atom. The molecule has 0 radical (unpaired) electrons. The van der Waals surface area contributed by atoms with Crippen LogP contribution < -0.4 is 9.44 Å². The van der Waals surface area contributed by atoms with Crippen LogP contribution in [0.3, 0.4) is 0 Å². The molecule has 0 fully saturated rings. The van der Waals surface area contributed by atoms with E-state index in [-0.39, 0.29) is 22.2 Å². The van der Waals surface area contributed by atoms with Crippen LogP contribution in [0.15, 0.2) is 58.6 Å². The van der Waals surface area contributed by atoms with Crippen LogP contribution in [0.4, 0.5) is 0 Å². The number of rotatable bonds is 5. The summed E-state index contributed by atoms with van der Waals surface area (Å²) >= 11 is 0. The minimum absolute atomic E-state index is 0.154. The number of nitrogens with zero attached hydrogens (tertiary/aromatic N) is 2. The standard InChI is InChI=1S/C20H18N4O6S2/c1-21-31(27,28)13-9-11-5-3-7-23-17(11)15(19(13)25)16-18-12(6-4-8-24-18)10-14(20(16)26)32(29,30)22-2/h3-10,21-22,25-26H,1-2H3. The summed E-state index contributed by atoms with van der Waals surface area (Å²) in [6.07, 6.45) is 2.86. The number of hydrogen-bond donors (Lipinski definition) is 4. The van der Waals surface area contributed by atoms with Crippen molar-refractivity contribution in [1.82, 2.24) is 19.4 Å². The Bertz CT molecular complexity index is 1480. The molecular weight excluding hydrogens is 456 g/mol. The van der Waals surface area contributed by atoms with E-state index in [0.29, 0.717) is 10.8 Å². The monoisotopic (exact) mass is 474 g/mol. The molecule has 2 heterocycles. The normalized spacial score (nSPS) is 12.4. The average Bonchev–Trinajstić information content (AvgIpc) is 2.79. The number of pyridine rings is 2. The Labute approximate surface area is 183 Å². The van der Waals surface area contributed by atoms with Crippen molar-refractivity contribution in [2.45, 2.75) is 9.79 Å². The number of phenols is 2. The Morgan fingerprint density at radius 1 is 0.719 bits per heavy atom. The highest BCUT2D eigenvalue weighted by molar-refractivity contribution is 7.89. The molecule has 0 atom stereocenters. The minimum atomic E-state index is -4.12. The molecule has 4 aromatic rings. The largest absolute Gasteiger partial charge is 0.506 e. The predicted octanol–water partition coefficient (Wildman–Crippen LogP) is 1.68. The van der Waals surface area contributed by atoms with Gasteiger partial charge in [0.15, 0.2) is 0 Å². The van der Waals surface area contributed by atoms with Gasteiger partial charge in [-0.05, 0) is 38.4 Å². The average molecular weight is 475 g/mol. The number of fused-ring (bicyclic) bond motifs is 2. The van der Waals surface area contributed by atoms with Crippen molar-refractivity contribution in [2.24, 2.45) is 0 Å². The summed E-state index contributed by atoms with van der Waals surface area (Å²) in [5, 5.41) is 22.9. The van der Waals surface area contributed by atoms with Crippen LogP contribution >= 0.6 is 0 Å². The van der Waals surface area contributed by atoms with Crippen molar-refractivity contribution < 1.29 is 27.0 Å². The van der Waals surface area contributed by atoms with E-state index in [2.05, 4.69) is 19.4 Å². The molecule has 2 aromatic carbocycles. The molecule has 0 aliphatic rings. The van der Waals surface area contributed by atoms with Gasteiger partial charge >= 0.3 is 0 Å². The molecule has 12 heteroatoms. The molecule has 0 saturated carbocycles. The highest BCUT2D eigenvalue weighted by Crippen LogP contribution is 2.48. The van der Waals surface area contributed by atoms with E-state index in [9.17, 15) is 27.0 Å². The Kier molecular flexibility index (Phi) is 5.25. The summed E-state index contributed by atoms with van der Waals surface area (Å²) in [4.78, 5) is 7.58. The van der Waals surface area contributed by atoms with Crippen molar-refractivity contribution in [1.29, 1.82) is 0 Å². The number of hydrogen-bond acceptors (Lipinski definition) is 8. The van der Waals surface area contributed by atoms with Gasteiger partial charge in [0.1, 0.15) is 21.3 Å². The maximum absolute atomic E-state index is 12.6. The van der Waals surface area contributed by atoms with Gasteiger partial charge in [-0.2, -0.15) is 0 Å². The number of nitrogens with one attached hydrogen (secondary N) is 2. The molecule has 0 saturated heterocycles. The molecule has 0 spiro atoms. The second kappa shape index (κ2) is 7.67. The van der Waals surface area contributed by atoms with Crippen molar-refractivity contribution in [3.8, 4) is 22.6 Å². The molecule has 0 bridgehead atoms. The first-order chi connectivity index (χ1) is 15.1. The highest BCUT2D eigenvalue weighted by Gasteiger charge is 2.29. The Balaban J connectivity index is 2.30. The molecule has 0 unspecified atom stereocenters. The van der Waals surface area contributed by atoms with Gasteiger partial charge < -0.3 is 10.2 Å². The van der Waals surface area contributed by atoms with Crippen molar-refractivity contribution >= 4 is 41.9 Å². The third-order valence-corrected chi connectivity index (χ3v) is 7.89. The quantitative estimate of drug-likeness (QED) is 0.340. The topological polar surface area (TPSA) is 159 Å². The fourth-order valence-electron chi connectivity index (χ4n) is 3.48. The van der Waals surface area contributed by atoms with E-state index in [0.717, 1.165) is 0 Å². The molecule has 10 nitrogen and oxygen atoms in total. The van der Waals surface area contributed by atoms with Gasteiger partial charge in [-0.3, -0.25) is 9.97 Å².